The summed E-state index contributed by atoms with van der Waals surface area (Å²) < 4.78 is 13.9. The molecule has 3 nitrogen and oxygen atoms in total. The average Bonchev–Trinajstić information content (AvgIpc) is 2.56. The third-order valence-electron chi connectivity index (χ3n) is 2.84. The number of aromatic nitrogens is 1. The SMILES string of the molecule is Cc1cccc(C)c1-n1c(O)cc(CF)c1O. The predicted octanol–water partition coefficient (Wildman–Crippen LogP) is 2.97. The minimum atomic E-state index is -0.808. The van der Waals surface area contributed by atoms with Crippen LogP contribution in [0.15, 0.2) is 24.3 Å². The van der Waals surface area contributed by atoms with Crippen molar-refractivity contribution in [2.75, 3.05) is 0 Å². The molecule has 17 heavy (non-hydrogen) atoms. The van der Waals surface area contributed by atoms with Crippen LogP contribution >= 0.6 is 0 Å². The Hall–Kier alpha value is -1.97. The predicted molar refractivity (Wildman–Crippen MR) is 63.4 cm³/mol. The van der Waals surface area contributed by atoms with Gasteiger partial charge in [-0.25, -0.2) is 4.39 Å². The molecule has 0 aliphatic rings. The van der Waals surface area contributed by atoms with Gasteiger partial charge < -0.3 is 10.2 Å². The first-order valence-corrected chi connectivity index (χ1v) is 5.31. The summed E-state index contributed by atoms with van der Waals surface area (Å²) in [6, 6.07) is 6.87. The molecule has 0 spiro atoms. The lowest BCUT2D eigenvalue weighted by atomic mass is 10.1. The van der Waals surface area contributed by atoms with Gasteiger partial charge in [0, 0.05) is 11.6 Å². The molecule has 0 saturated carbocycles. The third kappa shape index (κ3) is 1.75. The van der Waals surface area contributed by atoms with E-state index in [0.717, 1.165) is 11.1 Å². The van der Waals surface area contributed by atoms with Crippen LogP contribution in [0.25, 0.3) is 5.69 Å². The van der Waals surface area contributed by atoms with E-state index >= 15 is 0 Å². The highest BCUT2D eigenvalue weighted by atomic mass is 19.1. The standard InChI is InChI=1S/C13H14FNO2/c1-8-4-3-5-9(2)12(8)15-11(16)6-10(7-14)13(15)17/h3-6,16-17H,7H2,1-2H3. The van der Waals surface area contributed by atoms with Gasteiger partial charge in [-0.1, -0.05) is 18.2 Å². The van der Waals surface area contributed by atoms with E-state index in [1.807, 2.05) is 32.0 Å². The van der Waals surface area contributed by atoms with Gasteiger partial charge in [-0.05, 0) is 25.0 Å². The summed E-state index contributed by atoms with van der Waals surface area (Å²) in [7, 11) is 0. The second kappa shape index (κ2) is 4.13. The molecule has 90 valence electrons. The zero-order chi connectivity index (χ0) is 12.6. The number of para-hydroxylation sites is 1. The lowest BCUT2D eigenvalue weighted by molar-refractivity contribution is 0.392. The van der Waals surface area contributed by atoms with Crippen LogP contribution in [0.4, 0.5) is 4.39 Å². The van der Waals surface area contributed by atoms with Gasteiger partial charge in [0.15, 0.2) is 5.88 Å². The fourth-order valence-corrected chi connectivity index (χ4v) is 2.01. The van der Waals surface area contributed by atoms with Crippen molar-refractivity contribution in [3.8, 4) is 17.4 Å². The molecule has 1 aromatic heterocycles. The number of aromatic hydroxyl groups is 2. The number of halogens is 1. The Kier molecular flexibility index (Phi) is 2.79. The Morgan fingerprint density at radius 3 is 2.24 bits per heavy atom. The number of benzene rings is 1. The van der Waals surface area contributed by atoms with Gasteiger partial charge in [0.25, 0.3) is 0 Å². The molecule has 0 amide bonds. The molecule has 0 aliphatic carbocycles. The van der Waals surface area contributed by atoms with Gasteiger partial charge in [-0.15, -0.1) is 0 Å². The molecule has 1 aromatic carbocycles. The Bertz CT molecular complexity index is 541. The highest BCUT2D eigenvalue weighted by molar-refractivity contribution is 5.54. The molecule has 1 heterocycles. The zero-order valence-electron chi connectivity index (χ0n) is 9.74. The summed E-state index contributed by atoms with van der Waals surface area (Å²) in [5.74, 6) is -0.407. The molecule has 0 fully saturated rings. The first-order valence-electron chi connectivity index (χ1n) is 5.31. The van der Waals surface area contributed by atoms with Crippen LogP contribution in [0.2, 0.25) is 0 Å². The van der Waals surface area contributed by atoms with Gasteiger partial charge in [-0.2, -0.15) is 0 Å². The van der Waals surface area contributed by atoms with Crippen LogP contribution < -0.4 is 0 Å². The molecule has 2 rings (SSSR count). The molecular formula is C13H14FNO2. The molecule has 2 N–H and O–H groups in total. The van der Waals surface area contributed by atoms with Gasteiger partial charge >= 0.3 is 0 Å². The summed E-state index contributed by atoms with van der Waals surface area (Å²) in [4.78, 5) is 0. The van der Waals surface area contributed by atoms with E-state index in [9.17, 15) is 14.6 Å². The van der Waals surface area contributed by atoms with Crippen molar-refractivity contribution in [3.63, 3.8) is 0 Å². The van der Waals surface area contributed by atoms with Crippen LogP contribution in [-0.4, -0.2) is 14.8 Å². The maximum absolute atomic E-state index is 12.6. The largest absolute Gasteiger partial charge is 0.494 e. The first kappa shape index (κ1) is 11.5. The van der Waals surface area contributed by atoms with Crippen molar-refractivity contribution in [3.05, 3.63) is 41.0 Å². The Balaban J connectivity index is 2.73. The fourth-order valence-electron chi connectivity index (χ4n) is 2.01. The van der Waals surface area contributed by atoms with Gasteiger partial charge in [0.05, 0.1) is 5.69 Å². The summed E-state index contributed by atoms with van der Waals surface area (Å²) in [6.07, 6.45) is 0. The maximum Gasteiger partial charge on any atom is 0.204 e. The van der Waals surface area contributed by atoms with Crippen molar-refractivity contribution >= 4 is 0 Å². The van der Waals surface area contributed by atoms with E-state index in [1.54, 1.807) is 0 Å². The number of hydrogen-bond acceptors (Lipinski definition) is 2. The van der Waals surface area contributed by atoms with E-state index < -0.39 is 6.67 Å². The van der Waals surface area contributed by atoms with Crippen molar-refractivity contribution in [2.45, 2.75) is 20.5 Å². The maximum atomic E-state index is 12.6. The van der Waals surface area contributed by atoms with E-state index in [0.29, 0.717) is 5.69 Å². The fraction of sp³-hybridized carbons (Fsp3) is 0.231. The topological polar surface area (TPSA) is 45.4 Å². The van der Waals surface area contributed by atoms with Gasteiger partial charge in [-0.3, -0.25) is 4.57 Å². The van der Waals surface area contributed by atoms with Crippen molar-refractivity contribution in [1.29, 1.82) is 0 Å². The van der Waals surface area contributed by atoms with Crippen LogP contribution in [0.1, 0.15) is 16.7 Å². The van der Waals surface area contributed by atoms with Crippen molar-refractivity contribution < 1.29 is 14.6 Å². The van der Waals surface area contributed by atoms with Crippen LogP contribution in [0.3, 0.4) is 0 Å². The average molecular weight is 235 g/mol. The Labute approximate surface area is 98.8 Å². The smallest absolute Gasteiger partial charge is 0.204 e. The lowest BCUT2D eigenvalue weighted by Crippen LogP contribution is -1.99. The minimum Gasteiger partial charge on any atom is -0.494 e. The molecule has 4 heteroatoms. The summed E-state index contributed by atoms with van der Waals surface area (Å²) in [5, 5.41) is 19.7. The number of rotatable bonds is 2. The van der Waals surface area contributed by atoms with E-state index in [4.69, 9.17) is 0 Å². The molecule has 2 aromatic rings. The summed E-state index contributed by atoms with van der Waals surface area (Å²) in [6.45, 7) is 2.93. The van der Waals surface area contributed by atoms with E-state index in [1.165, 1.54) is 10.6 Å². The summed E-state index contributed by atoms with van der Waals surface area (Å²) >= 11 is 0. The van der Waals surface area contributed by atoms with E-state index in [-0.39, 0.29) is 17.3 Å². The minimum absolute atomic E-state index is 0.0881. The lowest BCUT2D eigenvalue weighted by Gasteiger charge is -2.13. The second-order valence-electron chi connectivity index (χ2n) is 4.06. The normalized spacial score (nSPS) is 10.8. The van der Waals surface area contributed by atoms with Crippen LogP contribution in [-0.2, 0) is 6.67 Å². The number of aryl methyl sites for hydroxylation is 2. The number of alkyl halides is 1. The molecule has 0 bridgehead atoms. The molecule has 0 radical (unpaired) electrons. The highest BCUT2D eigenvalue weighted by Gasteiger charge is 2.17. The van der Waals surface area contributed by atoms with Gasteiger partial charge in [0.1, 0.15) is 6.67 Å². The second-order valence-corrected chi connectivity index (χ2v) is 4.06. The molecule has 0 aliphatic heterocycles. The molecule has 0 atom stereocenters. The third-order valence-corrected chi connectivity index (χ3v) is 2.84. The highest BCUT2D eigenvalue weighted by Crippen LogP contribution is 2.34. The van der Waals surface area contributed by atoms with Crippen molar-refractivity contribution in [2.24, 2.45) is 0 Å². The quantitative estimate of drug-likeness (QED) is 0.840. The van der Waals surface area contributed by atoms with Crippen LogP contribution in [0, 0.1) is 13.8 Å². The van der Waals surface area contributed by atoms with Gasteiger partial charge in [0.2, 0.25) is 5.88 Å². The van der Waals surface area contributed by atoms with Crippen molar-refractivity contribution in [1.82, 2.24) is 4.57 Å². The molecule has 0 unspecified atom stereocenters. The first-order chi connectivity index (χ1) is 8.06. The summed E-state index contributed by atoms with van der Waals surface area (Å²) in [5.41, 5.74) is 2.57. The number of nitrogens with zero attached hydrogens (tertiary/aromatic N) is 1. The monoisotopic (exact) mass is 235 g/mol. The Morgan fingerprint density at radius 1 is 1.18 bits per heavy atom. The van der Waals surface area contributed by atoms with E-state index in [2.05, 4.69) is 0 Å². The zero-order valence-corrected chi connectivity index (χ0v) is 9.74. The Morgan fingerprint density at radius 2 is 1.76 bits per heavy atom. The van der Waals surface area contributed by atoms with Crippen LogP contribution in [0.5, 0.6) is 11.8 Å². The molecular weight excluding hydrogens is 221 g/mol. The number of hydrogen-bond donors (Lipinski definition) is 2. The molecule has 0 saturated heterocycles.